The van der Waals surface area contributed by atoms with Gasteiger partial charge in [0.1, 0.15) is 0 Å². The summed E-state index contributed by atoms with van der Waals surface area (Å²) in [4.78, 5) is 18.2. The number of carboxylic acid groups (broad SMARTS) is 3. The minimum absolute atomic E-state index is 0. The Labute approximate surface area is 96.3 Å². The van der Waals surface area contributed by atoms with Crippen molar-refractivity contribution < 1.29 is 27.8 Å². The Morgan fingerprint density at radius 2 is 1.36 bits per heavy atom. The minimum atomic E-state index is -1.83. The molecule has 0 radical (unpaired) electrons. The first kappa shape index (κ1) is 17.0. The second-order valence-electron chi connectivity index (χ2n) is 1.37. The Balaban J connectivity index is -0.0000000279. The largest absolute Gasteiger partial charge is 2.00 e. The number of rotatable bonds is 1. The monoisotopic (exact) mass is 190 g/mol. The molecule has 0 aromatic heterocycles. The first-order valence-electron chi connectivity index (χ1n) is 2.18. The summed E-state index contributed by atoms with van der Waals surface area (Å²) in [6.07, 6.45) is -1.83. The van der Waals surface area contributed by atoms with E-state index in [2.05, 4.69) is 6.58 Å². The van der Waals surface area contributed by atoms with Crippen molar-refractivity contribution in [1.82, 2.24) is 0 Å². The van der Waals surface area contributed by atoms with Gasteiger partial charge in [0.15, 0.2) is 0 Å². The van der Waals surface area contributed by atoms with Gasteiger partial charge in [-0.15, -0.1) is 0 Å². The molecule has 0 saturated heterocycles. The number of aliphatic carboxylic acids is 1. The molecule has 3 N–H and O–H groups in total. The van der Waals surface area contributed by atoms with Gasteiger partial charge in [0.2, 0.25) is 0 Å². The molecule has 11 heavy (non-hydrogen) atoms. The molecule has 0 aromatic rings. The summed E-state index contributed by atoms with van der Waals surface area (Å²) in [5.74, 6) is -0.935. The van der Waals surface area contributed by atoms with Crippen molar-refractivity contribution in [2.75, 3.05) is 0 Å². The fraction of sp³-hybridized carbons (Fsp3) is 0.200. The van der Waals surface area contributed by atoms with Crippen LogP contribution in [0.4, 0.5) is 4.79 Å². The molecule has 0 amide bonds. The van der Waals surface area contributed by atoms with E-state index in [1.165, 1.54) is 6.92 Å². The van der Waals surface area contributed by atoms with Crippen LogP contribution in [-0.4, -0.2) is 65.2 Å². The van der Waals surface area contributed by atoms with Crippen LogP contribution in [0.2, 0.25) is 0 Å². The summed E-state index contributed by atoms with van der Waals surface area (Å²) < 4.78 is 0. The first-order chi connectivity index (χ1) is 4.37. The van der Waals surface area contributed by atoms with Crippen molar-refractivity contribution in [2.45, 2.75) is 6.92 Å². The predicted molar refractivity (Wildman–Crippen MR) is 41.1 cm³/mol. The van der Waals surface area contributed by atoms with E-state index in [-0.39, 0.29) is 46.2 Å². The van der Waals surface area contributed by atoms with Crippen LogP contribution in [0.1, 0.15) is 9.78 Å². The molecule has 0 fully saturated rings. The molecular formula is C5H10CaO5. The molecule has 0 saturated carbocycles. The van der Waals surface area contributed by atoms with Gasteiger partial charge in [0, 0.05) is 5.57 Å². The summed E-state index contributed by atoms with van der Waals surface area (Å²) >= 11 is 0. The molecule has 0 unspecified atom stereocenters. The van der Waals surface area contributed by atoms with E-state index < -0.39 is 12.1 Å². The third-order valence-electron chi connectivity index (χ3n) is 0.365. The van der Waals surface area contributed by atoms with Crippen molar-refractivity contribution >= 4 is 49.9 Å². The van der Waals surface area contributed by atoms with Crippen LogP contribution in [0.5, 0.6) is 0 Å². The zero-order valence-electron chi connectivity index (χ0n) is 8.07. The summed E-state index contributed by atoms with van der Waals surface area (Å²) in [6.45, 7) is 4.60. The molecule has 0 atom stereocenters. The molecule has 0 bridgehead atoms. The van der Waals surface area contributed by atoms with Gasteiger partial charge in [-0.1, -0.05) is 6.58 Å². The smallest absolute Gasteiger partial charge is 1.00 e. The van der Waals surface area contributed by atoms with Crippen LogP contribution in [0.3, 0.4) is 0 Å². The molecule has 0 aliphatic rings. The number of hydrogen-bond donors (Lipinski definition) is 3. The normalized spacial score (nSPS) is 6.27. The van der Waals surface area contributed by atoms with Crippen molar-refractivity contribution in [1.29, 1.82) is 0 Å². The van der Waals surface area contributed by atoms with Gasteiger partial charge >= 0.3 is 49.9 Å². The van der Waals surface area contributed by atoms with E-state index >= 15 is 0 Å². The molecule has 62 valence electrons. The topological polar surface area (TPSA) is 94.8 Å². The SMILES string of the molecule is C=C(C)C(=O)O.O=C(O)O.[Ca+2].[H-].[H-]. The number of carboxylic acids is 1. The Bertz CT molecular complexity index is 145. The Morgan fingerprint density at radius 3 is 1.36 bits per heavy atom. The Morgan fingerprint density at radius 1 is 1.27 bits per heavy atom. The fourth-order valence-corrected chi connectivity index (χ4v) is 0. The average Bonchev–Trinajstić information content (AvgIpc) is 1.63. The third-order valence-corrected chi connectivity index (χ3v) is 0.365. The minimum Gasteiger partial charge on any atom is -1.00 e. The van der Waals surface area contributed by atoms with Crippen LogP contribution < -0.4 is 0 Å². The molecule has 0 aliphatic carbocycles. The zero-order chi connectivity index (χ0) is 8.73. The van der Waals surface area contributed by atoms with E-state index in [0.29, 0.717) is 0 Å². The maximum Gasteiger partial charge on any atom is 2.00 e. The quantitative estimate of drug-likeness (QED) is 0.418. The molecule has 5 nitrogen and oxygen atoms in total. The van der Waals surface area contributed by atoms with Gasteiger partial charge in [-0.25, -0.2) is 9.59 Å². The molecule has 0 heterocycles. The van der Waals surface area contributed by atoms with Gasteiger partial charge in [0.25, 0.3) is 0 Å². The van der Waals surface area contributed by atoms with E-state index in [0.717, 1.165) is 0 Å². The molecular weight excluding hydrogens is 180 g/mol. The Kier molecular flexibility index (Phi) is 15.1. The maximum atomic E-state index is 9.60. The average molecular weight is 190 g/mol. The molecule has 0 spiro atoms. The molecule has 0 aliphatic heterocycles. The second-order valence-corrected chi connectivity index (χ2v) is 1.37. The molecule has 6 heteroatoms. The van der Waals surface area contributed by atoms with Gasteiger partial charge < -0.3 is 18.2 Å². The van der Waals surface area contributed by atoms with Crippen molar-refractivity contribution in [2.24, 2.45) is 0 Å². The second kappa shape index (κ2) is 9.74. The van der Waals surface area contributed by atoms with Crippen molar-refractivity contribution in [3.63, 3.8) is 0 Å². The standard InChI is InChI=1S/C4H6O2.CH2O3.Ca.2H/c1-3(2)4(5)6;2-1(3)4;;;/h1H2,2H3,(H,5,6);(H2,2,3,4);;;/q;;+2;2*-1. The Hall–Kier alpha value is -0.260. The van der Waals surface area contributed by atoms with E-state index in [4.69, 9.17) is 20.1 Å². The zero-order valence-corrected chi connectivity index (χ0v) is 8.28. The first-order valence-corrected chi connectivity index (χ1v) is 2.18. The van der Waals surface area contributed by atoms with Crippen LogP contribution >= 0.6 is 0 Å². The van der Waals surface area contributed by atoms with Crippen LogP contribution in [0, 0.1) is 0 Å². The van der Waals surface area contributed by atoms with Crippen molar-refractivity contribution in [3.8, 4) is 0 Å². The predicted octanol–water partition coefficient (Wildman–Crippen LogP) is 0.714. The summed E-state index contributed by atoms with van der Waals surface area (Å²) in [7, 11) is 0. The molecule has 0 rings (SSSR count). The van der Waals surface area contributed by atoms with Gasteiger partial charge in [-0.05, 0) is 6.92 Å². The van der Waals surface area contributed by atoms with Crippen LogP contribution in [-0.2, 0) is 4.79 Å². The van der Waals surface area contributed by atoms with Crippen LogP contribution in [0.15, 0.2) is 12.2 Å². The number of carbonyl (C=O) groups is 2. The van der Waals surface area contributed by atoms with Gasteiger partial charge in [-0.3, -0.25) is 0 Å². The van der Waals surface area contributed by atoms with Gasteiger partial charge in [0.05, 0.1) is 0 Å². The van der Waals surface area contributed by atoms with Crippen molar-refractivity contribution in [3.05, 3.63) is 12.2 Å². The fourth-order valence-electron chi connectivity index (χ4n) is 0. The third kappa shape index (κ3) is 41.7. The van der Waals surface area contributed by atoms with Gasteiger partial charge in [-0.2, -0.15) is 0 Å². The van der Waals surface area contributed by atoms with Crippen LogP contribution in [0.25, 0.3) is 0 Å². The number of hydrogen-bond acceptors (Lipinski definition) is 2. The van der Waals surface area contributed by atoms with E-state index in [1.54, 1.807) is 0 Å². The van der Waals surface area contributed by atoms with E-state index in [9.17, 15) is 4.79 Å². The maximum absolute atomic E-state index is 9.60. The summed E-state index contributed by atoms with van der Waals surface area (Å²) in [5.41, 5.74) is 0.176. The summed E-state index contributed by atoms with van der Waals surface area (Å²) in [6, 6.07) is 0. The summed E-state index contributed by atoms with van der Waals surface area (Å²) in [5, 5.41) is 21.8. The van der Waals surface area contributed by atoms with E-state index in [1.807, 2.05) is 0 Å². The molecule has 0 aromatic carbocycles.